The number of ether oxygens (including phenoxy) is 2. The maximum absolute atomic E-state index is 14.2. The van der Waals surface area contributed by atoms with Crippen LogP contribution in [0.5, 0.6) is 0 Å². The Morgan fingerprint density at radius 2 is 1.97 bits per heavy atom. The van der Waals surface area contributed by atoms with Gasteiger partial charge in [0.15, 0.2) is 0 Å². The van der Waals surface area contributed by atoms with Gasteiger partial charge in [-0.2, -0.15) is 0 Å². The van der Waals surface area contributed by atoms with Gasteiger partial charge in [0.05, 0.1) is 44.3 Å². The normalized spacial score (nSPS) is 14.0. The zero-order valence-corrected chi connectivity index (χ0v) is 18.1. The topological polar surface area (TPSA) is 130 Å². The number of Topliss-reactive ketones (excluding diaryl/α,β-unsaturated/α-hetero) is 1. The fourth-order valence-electron chi connectivity index (χ4n) is 3.33. The molecule has 0 spiro atoms. The van der Waals surface area contributed by atoms with E-state index in [2.05, 4.69) is 20.2 Å². The van der Waals surface area contributed by atoms with Gasteiger partial charge in [-0.25, -0.2) is 9.18 Å². The first-order valence-corrected chi connectivity index (χ1v) is 10.1. The van der Waals surface area contributed by atoms with Gasteiger partial charge in [0.25, 0.3) is 5.91 Å². The van der Waals surface area contributed by atoms with Crippen molar-refractivity contribution in [1.29, 1.82) is 0 Å². The number of aromatic nitrogens is 1. The fourth-order valence-corrected chi connectivity index (χ4v) is 3.33. The summed E-state index contributed by atoms with van der Waals surface area (Å²) in [6.07, 6.45) is 0.853. The number of morpholine rings is 1. The summed E-state index contributed by atoms with van der Waals surface area (Å²) in [6.45, 7) is 3.81. The van der Waals surface area contributed by atoms with Crippen LogP contribution in [-0.4, -0.2) is 67.0 Å². The number of anilines is 2. The van der Waals surface area contributed by atoms with E-state index >= 15 is 0 Å². The van der Waals surface area contributed by atoms with E-state index in [1.807, 2.05) is 4.90 Å². The minimum atomic E-state index is -1.08. The lowest BCUT2D eigenvalue weighted by Gasteiger charge is -2.29. The summed E-state index contributed by atoms with van der Waals surface area (Å²) in [5.41, 5.74) is 1.44. The SMILES string of the molecule is COC(=O)C(=O)C/C(=N\O)c1cc(NC(=O)c2cc(F)cc(N3CCOCC3)c2)cnc1C. The summed E-state index contributed by atoms with van der Waals surface area (Å²) in [5.74, 6) is -3.11. The van der Waals surface area contributed by atoms with Crippen LogP contribution in [0.2, 0.25) is 0 Å². The van der Waals surface area contributed by atoms with Crippen LogP contribution in [0.25, 0.3) is 0 Å². The lowest BCUT2D eigenvalue weighted by atomic mass is 10.0. The summed E-state index contributed by atoms with van der Waals surface area (Å²) in [4.78, 5) is 42.1. The quantitative estimate of drug-likeness (QED) is 0.212. The predicted octanol–water partition coefficient (Wildman–Crippen LogP) is 1.93. The van der Waals surface area contributed by atoms with Crippen molar-refractivity contribution in [3.8, 4) is 0 Å². The monoisotopic (exact) mass is 458 g/mol. The molecular formula is C22H23FN4O6. The van der Waals surface area contributed by atoms with Crippen molar-refractivity contribution < 1.29 is 33.5 Å². The average molecular weight is 458 g/mol. The van der Waals surface area contributed by atoms with Crippen molar-refractivity contribution in [3.63, 3.8) is 0 Å². The molecule has 0 aliphatic carbocycles. The zero-order valence-electron chi connectivity index (χ0n) is 18.1. The number of esters is 1. The van der Waals surface area contributed by atoms with Crippen LogP contribution in [0.3, 0.4) is 0 Å². The van der Waals surface area contributed by atoms with E-state index in [4.69, 9.17) is 4.74 Å². The van der Waals surface area contributed by atoms with Crippen molar-refractivity contribution in [2.24, 2.45) is 5.16 Å². The predicted molar refractivity (Wildman–Crippen MR) is 116 cm³/mol. The highest BCUT2D eigenvalue weighted by Gasteiger charge is 2.21. The van der Waals surface area contributed by atoms with E-state index < -0.39 is 29.9 Å². The number of benzene rings is 1. The summed E-state index contributed by atoms with van der Waals surface area (Å²) in [6, 6.07) is 5.51. The smallest absolute Gasteiger partial charge is 0.374 e. The van der Waals surface area contributed by atoms with Gasteiger partial charge in [-0.15, -0.1) is 0 Å². The highest BCUT2D eigenvalue weighted by molar-refractivity contribution is 6.38. The number of carbonyl (C=O) groups is 3. The number of nitrogens with zero attached hydrogens (tertiary/aromatic N) is 3. The number of amides is 1. The van der Waals surface area contributed by atoms with Gasteiger partial charge in [0.2, 0.25) is 5.78 Å². The molecule has 2 heterocycles. The third-order valence-corrected chi connectivity index (χ3v) is 5.04. The number of carbonyl (C=O) groups excluding carboxylic acids is 3. The first kappa shape index (κ1) is 23.8. The molecule has 0 saturated carbocycles. The van der Waals surface area contributed by atoms with E-state index in [1.54, 1.807) is 13.0 Å². The summed E-state index contributed by atoms with van der Waals surface area (Å²) < 4.78 is 23.9. The molecule has 0 unspecified atom stereocenters. The lowest BCUT2D eigenvalue weighted by Crippen LogP contribution is -2.36. The molecule has 1 aliphatic rings. The van der Waals surface area contributed by atoms with Crippen LogP contribution in [0.1, 0.15) is 28.0 Å². The Kier molecular flexibility index (Phi) is 7.67. The molecule has 1 aromatic carbocycles. The minimum absolute atomic E-state index is 0.107. The molecule has 0 radical (unpaired) electrons. The number of nitrogens with one attached hydrogen (secondary N) is 1. The molecule has 2 N–H and O–H groups in total. The van der Waals surface area contributed by atoms with Crippen LogP contribution in [0.15, 0.2) is 35.6 Å². The zero-order chi connectivity index (χ0) is 24.0. The molecular weight excluding hydrogens is 435 g/mol. The highest BCUT2D eigenvalue weighted by atomic mass is 19.1. The van der Waals surface area contributed by atoms with Gasteiger partial charge in [-0.1, -0.05) is 5.16 Å². The summed E-state index contributed by atoms with van der Waals surface area (Å²) in [7, 11) is 1.07. The van der Waals surface area contributed by atoms with Gasteiger partial charge in [-0.3, -0.25) is 14.6 Å². The maximum atomic E-state index is 14.2. The summed E-state index contributed by atoms with van der Waals surface area (Å²) >= 11 is 0. The number of methoxy groups -OCH3 is 1. The molecule has 2 aromatic rings. The van der Waals surface area contributed by atoms with Crippen molar-refractivity contribution >= 4 is 34.7 Å². The highest BCUT2D eigenvalue weighted by Crippen LogP contribution is 2.22. The second-order valence-electron chi connectivity index (χ2n) is 7.25. The largest absolute Gasteiger partial charge is 0.463 e. The molecule has 0 atom stereocenters. The van der Waals surface area contributed by atoms with Crippen molar-refractivity contribution in [1.82, 2.24) is 4.98 Å². The number of ketones is 1. The second-order valence-corrected chi connectivity index (χ2v) is 7.25. The molecule has 1 saturated heterocycles. The van der Waals surface area contributed by atoms with E-state index in [0.29, 0.717) is 37.7 Å². The third kappa shape index (κ3) is 5.89. The number of oxime groups is 1. The van der Waals surface area contributed by atoms with Crippen molar-refractivity contribution in [3.05, 3.63) is 53.1 Å². The van der Waals surface area contributed by atoms with Crippen molar-refractivity contribution in [2.45, 2.75) is 13.3 Å². The Bertz CT molecular complexity index is 1100. The Hall–Kier alpha value is -3.86. The number of halogens is 1. The van der Waals surface area contributed by atoms with E-state index in [-0.39, 0.29) is 22.5 Å². The molecule has 33 heavy (non-hydrogen) atoms. The Morgan fingerprint density at radius 1 is 1.24 bits per heavy atom. The molecule has 10 nitrogen and oxygen atoms in total. The van der Waals surface area contributed by atoms with Gasteiger partial charge >= 0.3 is 5.97 Å². The van der Waals surface area contributed by atoms with Crippen LogP contribution >= 0.6 is 0 Å². The van der Waals surface area contributed by atoms with Crippen molar-refractivity contribution in [2.75, 3.05) is 43.6 Å². The molecule has 11 heteroatoms. The first-order valence-electron chi connectivity index (χ1n) is 10.1. The average Bonchev–Trinajstić information content (AvgIpc) is 2.83. The molecule has 1 fully saturated rings. The Balaban J connectivity index is 1.81. The molecule has 3 rings (SSSR count). The maximum Gasteiger partial charge on any atom is 0.374 e. The van der Waals surface area contributed by atoms with E-state index in [0.717, 1.165) is 13.2 Å². The molecule has 1 amide bonds. The van der Waals surface area contributed by atoms with Crippen LogP contribution in [-0.2, 0) is 19.1 Å². The van der Waals surface area contributed by atoms with Gasteiger partial charge in [-0.05, 0) is 31.2 Å². The molecule has 1 aliphatic heterocycles. The number of hydrogen-bond donors (Lipinski definition) is 2. The van der Waals surface area contributed by atoms with E-state index in [1.165, 1.54) is 18.3 Å². The van der Waals surface area contributed by atoms with Gasteiger partial charge < -0.3 is 24.9 Å². The Morgan fingerprint density at radius 3 is 2.64 bits per heavy atom. The minimum Gasteiger partial charge on any atom is -0.463 e. The van der Waals surface area contributed by atoms with E-state index in [9.17, 15) is 24.0 Å². The fraction of sp³-hybridized carbons (Fsp3) is 0.318. The van der Waals surface area contributed by atoms with Crippen LogP contribution in [0.4, 0.5) is 15.8 Å². The van der Waals surface area contributed by atoms with Crippen LogP contribution < -0.4 is 10.2 Å². The van der Waals surface area contributed by atoms with Gasteiger partial charge in [0, 0.05) is 35.6 Å². The van der Waals surface area contributed by atoms with Gasteiger partial charge in [0.1, 0.15) is 5.82 Å². The first-order chi connectivity index (χ1) is 15.8. The summed E-state index contributed by atoms with van der Waals surface area (Å²) in [5, 5.41) is 15.1. The number of hydrogen-bond acceptors (Lipinski definition) is 9. The second kappa shape index (κ2) is 10.6. The standard InChI is InChI=1S/C22H23FN4O6/c1-13-18(19(26-31)11-20(28)22(30)32-2)10-16(12-24-13)25-21(29)14-7-15(23)9-17(8-14)27-3-5-33-6-4-27/h7-10,12,31H,3-6,11H2,1-2H3,(H,25,29)/b26-19+. The number of rotatable bonds is 7. The lowest BCUT2D eigenvalue weighted by molar-refractivity contribution is -0.151. The third-order valence-electron chi connectivity index (χ3n) is 5.04. The molecule has 174 valence electrons. The number of aryl methyl sites for hydroxylation is 1. The molecule has 1 aromatic heterocycles. The molecule has 0 bridgehead atoms. The Labute approximate surface area is 189 Å². The van der Waals surface area contributed by atoms with Crippen LogP contribution in [0, 0.1) is 12.7 Å². The number of pyridine rings is 1.